The Morgan fingerprint density at radius 2 is 2.21 bits per heavy atom. The maximum atomic E-state index is 5.97. The van der Waals surface area contributed by atoms with Gasteiger partial charge in [-0.05, 0) is 42.1 Å². The predicted molar refractivity (Wildman–Crippen MR) is 60.1 cm³/mol. The Morgan fingerprint density at radius 3 is 3.00 bits per heavy atom. The van der Waals surface area contributed by atoms with E-state index in [1.165, 1.54) is 11.1 Å². The van der Waals surface area contributed by atoms with E-state index in [2.05, 4.69) is 24.4 Å². The molecule has 0 bridgehead atoms. The van der Waals surface area contributed by atoms with Crippen LogP contribution < -0.4 is 5.32 Å². The molecule has 2 nitrogen and oxygen atoms in total. The minimum atomic E-state index is 0. The third-order valence-electron chi connectivity index (χ3n) is 2.66. The first kappa shape index (κ1) is 11.5. The summed E-state index contributed by atoms with van der Waals surface area (Å²) in [6, 6.07) is 6.24. The molecule has 78 valence electrons. The highest BCUT2D eigenvalue weighted by Gasteiger charge is 2.13. The van der Waals surface area contributed by atoms with Crippen molar-refractivity contribution in [1.82, 2.24) is 5.32 Å². The molecular weight excluding hydrogens is 198 g/mol. The SMILES string of the molecule is C[C@H]1CNCCc2ccc(Cl)cc21.O. The molecule has 0 aliphatic carbocycles. The van der Waals surface area contributed by atoms with Crippen LogP contribution in [0, 0.1) is 0 Å². The minimum Gasteiger partial charge on any atom is -0.412 e. The van der Waals surface area contributed by atoms with Gasteiger partial charge in [0.1, 0.15) is 0 Å². The summed E-state index contributed by atoms with van der Waals surface area (Å²) in [6.45, 7) is 4.39. The molecule has 1 aromatic carbocycles. The summed E-state index contributed by atoms with van der Waals surface area (Å²) in [5, 5.41) is 4.27. The van der Waals surface area contributed by atoms with E-state index in [4.69, 9.17) is 11.6 Å². The van der Waals surface area contributed by atoms with Crippen LogP contribution in [0.15, 0.2) is 18.2 Å². The standard InChI is InChI=1S/C11H14ClN.H2O/c1-8-7-13-5-4-9-2-3-10(12)6-11(8)9;/h2-3,6,8,13H,4-5,7H2,1H3;1H2/t8-;/m0./s1. The number of rotatable bonds is 0. The first-order valence-corrected chi connectivity index (χ1v) is 5.14. The van der Waals surface area contributed by atoms with Gasteiger partial charge >= 0.3 is 0 Å². The van der Waals surface area contributed by atoms with Crippen molar-refractivity contribution in [2.45, 2.75) is 19.3 Å². The molecule has 1 aliphatic heterocycles. The third kappa shape index (κ3) is 2.27. The van der Waals surface area contributed by atoms with Crippen LogP contribution in [0.5, 0.6) is 0 Å². The summed E-state index contributed by atoms with van der Waals surface area (Å²) in [6.07, 6.45) is 1.12. The van der Waals surface area contributed by atoms with Crippen LogP contribution in [0.4, 0.5) is 0 Å². The van der Waals surface area contributed by atoms with Gasteiger partial charge in [-0.15, -0.1) is 0 Å². The number of fused-ring (bicyclic) bond motifs is 1. The lowest BCUT2D eigenvalue weighted by Gasteiger charge is -2.11. The summed E-state index contributed by atoms with van der Waals surface area (Å²) in [5.41, 5.74) is 2.86. The molecule has 0 saturated carbocycles. The van der Waals surface area contributed by atoms with E-state index >= 15 is 0 Å². The average Bonchev–Trinajstić information content (AvgIpc) is 2.29. The molecule has 0 saturated heterocycles. The fourth-order valence-corrected chi connectivity index (χ4v) is 2.08. The first-order valence-electron chi connectivity index (χ1n) is 4.76. The molecule has 0 radical (unpaired) electrons. The Morgan fingerprint density at radius 1 is 1.43 bits per heavy atom. The van der Waals surface area contributed by atoms with Gasteiger partial charge in [-0.1, -0.05) is 24.6 Å². The number of hydrogen-bond donors (Lipinski definition) is 1. The Balaban J connectivity index is 0.000000980. The van der Waals surface area contributed by atoms with E-state index < -0.39 is 0 Å². The van der Waals surface area contributed by atoms with Crippen LogP contribution >= 0.6 is 11.6 Å². The van der Waals surface area contributed by atoms with Crippen LogP contribution in [0.1, 0.15) is 24.0 Å². The fourth-order valence-electron chi connectivity index (χ4n) is 1.90. The van der Waals surface area contributed by atoms with Gasteiger partial charge in [-0.2, -0.15) is 0 Å². The normalized spacial score (nSPS) is 20.6. The van der Waals surface area contributed by atoms with Crippen LogP contribution in [-0.4, -0.2) is 18.6 Å². The molecule has 0 aromatic heterocycles. The lowest BCUT2D eigenvalue weighted by molar-refractivity contribution is 0.644. The second-order valence-corrected chi connectivity index (χ2v) is 4.13. The lowest BCUT2D eigenvalue weighted by atomic mass is 9.96. The molecule has 0 fully saturated rings. The Kier molecular flexibility index (Phi) is 3.93. The van der Waals surface area contributed by atoms with E-state index in [0.29, 0.717) is 5.92 Å². The molecule has 0 amide bonds. The molecule has 1 heterocycles. The van der Waals surface area contributed by atoms with Gasteiger partial charge in [0, 0.05) is 11.6 Å². The molecular formula is C11H16ClNO. The van der Waals surface area contributed by atoms with Crippen molar-refractivity contribution in [3.63, 3.8) is 0 Å². The van der Waals surface area contributed by atoms with Crippen LogP contribution in [0.25, 0.3) is 0 Å². The fraction of sp³-hybridized carbons (Fsp3) is 0.455. The lowest BCUT2D eigenvalue weighted by Crippen LogP contribution is -2.18. The number of halogens is 1. The molecule has 1 atom stereocenters. The van der Waals surface area contributed by atoms with Crippen molar-refractivity contribution in [2.24, 2.45) is 0 Å². The van der Waals surface area contributed by atoms with Crippen molar-refractivity contribution in [3.05, 3.63) is 34.3 Å². The van der Waals surface area contributed by atoms with E-state index in [-0.39, 0.29) is 5.48 Å². The second kappa shape index (κ2) is 4.78. The van der Waals surface area contributed by atoms with E-state index in [1.54, 1.807) is 0 Å². The minimum absolute atomic E-state index is 0. The summed E-state index contributed by atoms with van der Waals surface area (Å²) >= 11 is 5.97. The van der Waals surface area contributed by atoms with Crippen molar-refractivity contribution in [1.29, 1.82) is 0 Å². The number of hydrogen-bond acceptors (Lipinski definition) is 1. The molecule has 2 rings (SSSR count). The third-order valence-corrected chi connectivity index (χ3v) is 2.90. The van der Waals surface area contributed by atoms with Crippen LogP contribution in [-0.2, 0) is 6.42 Å². The monoisotopic (exact) mass is 213 g/mol. The quantitative estimate of drug-likeness (QED) is 0.702. The van der Waals surface area contributed by atoms with Crippen LogP contribution in [0.3, 0.4) is 0 Å². The molecule has 3 N–H and O–H groups in total. The zero-order chi connectivity index (χ0) is 9.26. The zero-order valence-electron chi connectivity index (χ0n) is 8.31. The smallest absolute Gasteiger partial charge is 0.0409 e. The van der Waals surface area contributed by atoms with Gasteiger partial charge in [-0.3, -0.25) is 0 Å². The highest BCUT2D eigenvalue weighted by molar-refractivity contribution is 6.30. The van der Waals surface area contributed by atoms with Crippen molar-refractivity contribution in [2.75, 3.05) is 13.1 Å². The van der Waals surface area contributed by atoms with Gasteiger partial charge in [0.05, 0.1) is 0 Å². The first-order chi connectivity index (χ1) is 6.27. The number of benzene rings is 1. The highest BCUT2D eigenvalue weighted by atomic mass is 35.5. The van der Waals surface area contributed by atoms with E-state index in [0.717, 1.165) is 24.5 Å². The van der Waals surface area contributed by atoms with Crippen LogP contribution in [0.2, 0.25) is 5.02 Å². The number of nitrogens with one attached hydrogen (secondary N) is 1. The van der Waals surface area contributed by atoms with Gasteiger partial charge < -0.3 is 10.8 Å². The summed E-state index contributed by atoms with van der Waals surface area (Å²) in [4.78, 5) is 0. The Labute approximate surface area is 89.6 Å². The second-order valence-electron chi connectivity index (χ2n) is 3.70. The summed E-state index contributed by atoms with van der Waals surface area (Å²) < 4.78 is 0. The van der Waals surface area contributed by atoms with Gasteiger partial charge in [-0.25, -0.2) is 0 Å². The molecule has 3 heteroatoms. The van der Waals surface area contributed by atoms with E-state index in [1.807, 2.05) is 6.07 Å². The Bertz CT molecular complexity index is 314. The van der Waals surface area contributed by atoms with Crippen molar-refractivity contribution in [3.8, 4) is 0 Å². The average molecular weight is 214 g/mol. The predicted octanol–water partition coefficient (Wildman–Crippen LogP) is 1.76. The van der Waals surface area contributed by atoms with Gasteiger partial charge in [0.25, 0.3) is 0 Å². The maximum Gasteiger partial charge on any atom is 0.0409 e. The van der Waals surface area contributed by atoms with Crippen molar-refractivity contribution >= 4 is 11.6 Å². The molecule has 14 heavy (non-hydrogen) atoms. The molecule has 1 aliphatic rings. The Hall–Kier alpha value is -0.570. The zero-order valence-corrected chi connectivity index (χ0v) is 9.06. The molecule has 0 spiro atoms. The van der Waals surface area contributed by atoms with Gasteiger partial charge in [0.2, 0.25) is 0 Å². The molecule has 1 aromatic rings. The van der Waals surface area contributed by atoms with Crippen molar-refractivity contribution < 1.29 is 5.48 Å². The van der Waals surface area contributed by atoms with E-state index in [9.17, 15) is 0 Å². The van der Waals surface area contributed by atoms with Gasteiger partial charge in [0.15, 0.2) is 0 Å². The maximum absolute atomic E-state index is 5.97. The highest BCUT2D eigenvalue weighted by Crippen LogP contribution is 2.25. The summed E-state index contributed by atoms with van der Waals surface area (Å²) in [7, 11) is 0. The molecule has 0 unspecified atom stereocenters. The summed E-state index contributed by atoms with van der Waals surface area (Å²) in [5.74, 6) is 0.580. The largest absolute Gasteiger partial charge is 0.412 e. The topological polar surface area (TPSA) is 43.5 Å².